The van der Waals surface area contributed by atoms with E-state index in [0.29, 0.717) is 30.5 Å². The van der Waals surface area contributed by atoms with Crippen molar-refractivity contribution in [3.8, 4) is 0 Å². The van der Waals surface area contributed by atoms with Crippen molar-refractivity contribution in [1.82, 2.24) is 14.3 Å². The van der Waals surface area contributed by atoms with E-state index in [2.05, 4.69) is 120 Å². The maximum Gasteiger partial charge on any atom is 0.251 e. The molecule has 0 spiro atoms. The highest BCUT2D eigenvalue weighted by Crippen LogP contribution is 2.23. The molecule has 42 heavy (non-hydrogen) atoms. The van der Waals surface area contributed by atoms with Gasteiger partial charge in [0.15, 0.2) is 5.78 Å². The summed E-state index contributed by atoms with van der Waals surface area (Å²) in [5.41, 5.74) is 8.47. The Hall–Kier alpha value is -4.06. The summed E-state index contributed by atoms with van der Waals surface area (Å²) in [6.07, 6.45) is 2.18. The molecule has 0 atom stereocenters. The molecule has 0 saturated heterocycles. The summed E-state index contributed by atoms with van der Waals surface area (Å²) in [7, 11) is 10.8. The third kappa shape index (κ3) is 8.25. The van der Waals surface area contributed by atoms with Crippen LogP contribution in [0.15, 0.2) is 97.1 Å². The molecule has 0 fully saturated rings. The second-order valence-electron chi connectivity index (χ2n) is 12.5. The monoisotopic (exact) mass is 563 g/mol. The Morgan fingerprint density at radius 1 is 0.595 bits per heavy atom. The van der Waals surface area contributed by atoms with Gasteiger partial charge in [0.2, 0.25) is 0 Å². The van der Waals surface area contributed by atoms with Gasteiger partial charge in [-0.05, 0) is 65.9 Å². The predicted molar refractivity (Wildman–Crippen MR) is 176 cm³/mol. The molecule has 0 aliphatic carbocycles. The summed E-state index contributed by atoms with van der Waals surface area (Å²) in [4.78, 5) is 25.5. The molecule has 1 N–H and O–H groups in total. The summed E-state index contributed by atoms with van der Waals surface area (Å²) in [6, 6.07) is 32.7. The molecule has 4 aromatic rings. The second-order valence-corrected chi connectivity index (χ2v) is 12.5. The average molecular weight is 564 g/mol. The number of nitrogens with zero attached hydrogens (tertiary/aromatic N) is 2. The summed E-state index contributed by atoms with van der Waals surface area (Å²) >= 11 is 0. The summed E-state index contributed by atoms with van der Waals surface area (Å²) in [5, 5.41) is 3.00. The highest BCUT2D eigenvalue weighted by Gasteiger charge is 2.20. The highest BCUT2D eigenvalue weighted by atomic mass is 16.1. The van der Waals surface area contributed by atoms with Gasteiger partial charge in [-0.3, -0.25) is 18.6 Å². The van der Waals surface area contributed by atoms with Crippen LogP contribution in [0.1, 0.15) is 56.3 Å². The molecule has 0 aliphatic heterocycles. The van der Waals surface area contributed by atoms with E-state index in [0.717, 1.165) is 33.1 Å². The molecule has 4 aromatic carbocycles. The number of amides is 1. The molecule has 0 bridgehead atoms. The van der Waals surface area contributed by atoms with Crippen molar-refractivity contribution < 1.29 is 9.59 Å². The fraction of sp³-hybridized carbons (Fsp3) is 0.297. The number of quaternary nitrogens is 2. The van der Waals surface area contributed by atoms with Crippen molar-refractivity contribution in [3.63, 3.8) is 0 Å². The Bertz CT molecular complexity index is 1480. The van der Waals surface area contributed by atoms with Gasteiger partial charge in [0.05, 0.1) is 35.2 Å². The van der Waals surface area contributed by atoms with Gasteiger partial charge in [0, 0.05) is 29.7 Å². The lowest BCUT2D eigenvalue weighted by Gasteiger charge is -2.29. The van der Waals surface area contributed by atoms with Gasteiger partial charge in [-0.2, -0.15) is 0 Å². The Labute approximate surface area is 251 Å². The Morgan fingerprint density at radius 3 is 1.67 bits per heavy atom. The lowest BCUT2D eigenvalue weighted by atomic mass is 10.0. The number of ketones is 1. The van der Waals surface area contributed by atoms with Gasteiger partial charge in [0.25, 0.3) is 5.91 Å². The maximum atomic E-state index is 12.8. The molecule has 0 radical (unpaired) electrons. The first kappa shape index (κ1) is 30.9. The Kier molecular flexibility index (Phi) is 9.77. The minimum Gasteiger partial charge on any atom is -0.348 e. The Balaban J connectivity index is 1.26. The van der Waals surface area contributed by atoms with Gasteiger partial charge in [-0.25, -0.2) is 0 Å². The molecule has 4 rings (SSSR count). The van der Waals surface area contributed by atoms with Gasteiger partial charge >= 0.3 is 0 Å². The number of rotatable bonds is 12. The van der Waals surface area contributed by atoms with Crippen molar-refractivity contribution in [2.75, 3.05) is 35.2 Å². The molecule has 0 aromatic heterocycles. The largest absolute Gasteiger partial charge is 0.348 e. The van der Waals surface area contributed by atoms with Crippen LogP contribution in [-0.2, 0) is 25.9 Å². The first-order valence-corrected chi connectivity index (χ1v) is 14.8. The zero-order valence-corrected chi connectivity index (χ0v) is 26.0. The molecule has 0 unspecified atom stereocenters. The van der Waals surface area contributed by atoms with E-state index in [1.165, 1.54) is 22.5 Å². The third-order valence-electron chi connectivity index (χ3n) is 7.92. The topological polar surface area (TPSA) is 46.2 Å². The van der Waals surface area contributed by atoms with Crippen LogP contribution >= 0.6 is 0 Å². The fourth-order valence-electron chi connectivity index (χ4n) is 5.05. The first-order valence-electron chi connectivity index (χ1n) is 14.8. The zero-order chi connectivity index (χ0) is 30.3. The average Bonchev–Trinajstić information content (AvgIpc) is 2.99. The van der Waals surface area contributed by atoms with Crippen LogP contribution in [0.2, 0.25) is 0 Å². The summed E-state index contributed by atoms with van der Waals surface area (Å²) in [6.45, 7) is 3.52. The minimum absolute atomic E-state index is 0.0806. The molecule has 218 valence electrons. The molecular formula is C37H45N3O2+2. The van der Waals surface area contributed by atoms with E-state index in [4.69, 9.17) is 0 Å². The number of carbonyl (C=O) groups is 2. The van der Waals surface area contributed by atoms with E-state index >= 15 is 0 Å². The lowest BCUT2D eigenvalue weighted by molar-refractivity contribution is 0.0947. The number of nitrogens with one attached hydrogen (secondary N) is 1. The van der Waals surface area contributed by atoms with Crippen LogP contribution in [0.3, 0.4) is 0 Å². The highest BCUT2D eigenvalue weighted by molar-refractivity contribution is 5.98. The predicted octanol–water partition coefficient (Wildman–Crippen LogP) is 6.96. The normalized spacial score (nSPS) is 11.8. The van der Waals surface area contributed by atoms with Crippen LogP contribution < -0.4 is 14.3 Å². The molecule has 0 heterocycles. The molecule has 0 saturated carbocycles. The van der Waals surface area contributed by atoms with E-state index in [-0.39, 0.29) is 11.7 Å². The summed E-state index contributed by atoms with van der Waals surface area (Å²) in [5.74, 6) is -0.0703. The molecule has 1 amide bonds. The van der Waals surface area contributed by atoms with Crippen molar-refractivity contribution in [3.05, 3.63) is 130 Å². The van der Waals surface area contributed by atoms with Crippen LogP contribution in [-0.4, -0.2) is 46.9 Å². The second kappa shape index (κ2) is 13.3. The van der Waals surface area contributed by atoms with Crippen molar-refractivity contribution in [2.45, 2.75) is 39.3 Å². The number of hydrogen-bond donors (Lipinski definition) is 1. The number of carbonyl (C=O) groups excluding carboxylic acids is 2. The lowest BCUT2D eigenvalue weighted by Crippen LogP contribution is -2.39. The zero-order valence-electron chi connectivity index (χ0n) is 26.0. The van der Waals surface area contributed by atoms with Gasteiger partial charge in [-0.15, -0.1) is 0 Å². The quantitative estimate of drug-likeness (QED) is 0.150. The number of aryl methyl sites for hydroxylation is 2. The van der Waals surface area contributed by atoms with Gasteiger partial charge in [0.1, 0.15) is 17.9 Å². The van der Waals surface area contributed by atoms with Crippen molar-refractivity contribution in [2.24, 2.45) is 0 Å². The van der Waals surface area contributed by atoms with Gasteiger partial charge < -0.3 is 5.32 Å². The van der Waals surface area contributed by atoms with E-state index in [1.807, 2.05) is 0 Å². The maximum absolute atomic E-state index is 12.8. The number of benzene rings is 4. The van der Waals surface area contributed by atoms with Crippen LogP contribution in [0, 0.1) is 0 Å². The standard InChI is InChI=1S/C37H44N3O2/c1-7-28-8-10-31(11-9-28)27-40(5,6)35-23-14-30(15-24-35)26-38-37(42)33-19-17-32(18-20-33)36(41)25-16-29-12-21-34(22-13-29)39(2,3)4/h8-15,17-24H,7,16,25-27H2,1-6H3/q+1/p+1. The minimum atomic E-state index is -0.151. The van der Waals surface area contributed by atoms with E-state index < -0.39 is 0 Å². The van der Waals surface area contributed by atoms with Crippen molar-refractivity contribution in [1.29, 1.82) is 0 Å². The molecule has 5 nitrogen and oxygen atoms in total. The fourth-order valence-corrected chi connectivity index (χ4v) is 5.05. The molecular weight excluding hydrogens is 518 g/mol. The van der Waals surface area contributed by atoms with Gasteiger partial charge in [-0.1, -0.05) is 67.6 Å². The first-order chi connectivity index (χ1) is 19.9. The number of Topliss-reactive ketones (excluding diaryl/α,β-unsaturated/α-hetero) is 1. The molecule has 5 heteroatoms. The smallest absolute Gasteiger partial charge is 0.251 e. The third-order valence-corrected chi connectivity index (χ3v) is 7.92. The van der Waals surface area contributed by atoms with Crippen LogP contribution in [0.5, 0.6) is 0 Å². The van der Waals surface area contributed by atoms with Crippen molar-refractivity contribution >= 4 is 23.1 Å². The van der Waals surface area contributed by atoms with Crippen LogP contribution in [0.25, 0.3) is 0 Å². The number of hydrogen-bond acceptors (Lipinski definition) is 2. The van der Waals surface area contributed by atoms with E-state index in [9.17, 15) is 9.59 Å². The SMILES string of the molecule is CCc1ccc(C[N+](C)(C)c2ccc(CNC(=O)c3ccc(C(=O)CCc4ccc([N+](C)(C)C)cc4)cc3)cc2)cc1. The molecule has 0 aliphatic rings. The van der Waals surface area contributed by atoms with Crippen LogP contribution in [0.4, 0.5) is 11.4 Å². The van der Waals surface area contributed by atoms with E-state index in [1.54, 1.807) is 24.3 Å². The Morgan fingerprint density at radius 2 is 1.10 bits per heavy atom. The summed E-state index contributed by atoms with van der Waals surface area (Å²) < 4.78 is 1.50.